The van der Waals surface area contributed by atoms with Gasteiger partial charge in [-0.15, -0.1) is 0 Å². The van der Waals surface area contributed by atoms with E-state index < -0.39 is 5.82 Å². The van der Waals surface area contributed by atoms with Crippen molar-refractivity contribution in [2.24, 2.45) is 5.92 Å². The number of benzene rings is 1. The van der Waals surface area contributed by atoms with E-state index in [0.29, 0.717) is 30.7 Å². The van der Waals surface area contributed by atoms with Gasteiger partial charge in [-0.25, -0.2) is 4.39 Å². The summed E-state index contributed by atoms with van der Waals surface area (Å²) in [5, 5.41) is -0.00429. The van der Waals surface area contributed by atoms with Crippen LogP contribution in [0.2, 0.25) is 5.02 Å². The van der Waals surface area contributed by atoms with E-state index in [1.54, 1.807) is 7.11 Å². The average molecular weight is 341 g/mol. The van der Waals surface area contributed by atoms with Gasteiger partial charge in [-0.3, -0.25) is 9.69 Å². The largest absolute Gasteiger partial charge is 0.383 e. The maximum atomic E-state index is 13.3. The zero-order valence-electron chi connectivity index (χ0n) is 13.3. The second-order valence-corrected chi connectivity index (χ2v) is 6.83. The molecular weight excluding hydrogens is 319 g/mol. The molecule has 1 aromatic carbocycles. The summed E-state index contributed by atoms with van der Waals surface area (Å²) < 4.78 is 18.5. The van der Waals surface area contributed by atoms with Crippen LogP contribution in [0, 0.1) is 11.7 Å². The fourth-order valence-corrected chi connectivity index (χ4v) is 3.82. The highest BCUT2D eigenvalue weighted by Gasteiger charge is 2.36. The zero-order chi connectivity index (χ0) is 16.4. The van der Waals surface area contributed by atoms with Crippen LogP contribution in [-0.4, -0.2) is 61.6 Å². The predicted molar refractivity (Wildman–Crippen MR) is 87.3 cm³/mol. The summed E-state index contributed by atoms with van der Waals surface area (Å²) in [4.78, 5) is 17.1. The minimum absolute atomic E-state index is 0.00429. The smallest absolute Gasteiger partial charge is 0.253 e. The molecule has 6 heteroatoms. The second-order valence-electron chi connectivity index (χ2n) is 6.42. The number of fused-ring (bicyclic) bond motifs is 4. The van der Waals surface area contributed by atoms with E-state index in [1.165, 1.54) is 18.2 Å². The third-order valence-electron chi connectivity index (χ3n) is 4.86. The average Bonchev–Trinajstić information content (AvgIpc) is 2.86. The zero-order valence-corrected chi connectivity index (χ0v) is 14.1. The van der Waals surface area contributed by atoms with Crippen LogP contribution < -0.4 is 0 Å². The van der Waals surface area contributed by atoms with Crippen LogP contribution >= 0.6 is 11.6 Å². The molecule has 0 aromatic heterocycles. The highest BCUT2D eigenvalue weighted by Crippen LogP contribution is 2.29. The summed E-state index contributed by atoms with van der Waals surface area (Å²) in [6, 6.07) is 4.57. The van der Waals surface area contributed by atoms with Crippen LogP contribution in [0.15, 0.2) is 18.2 Å². The van der Waals surface area contributed by atoms with Gasteiger partial charge in [0.1, 0.15) is 5.82 Å². The number of amides is 1. The molecule has 0 aliphatic carbocycles. The Balaban J connectivity index is 1.73. The molecule has 1 amide bonds. The number of ether oxygens (including phenoxy) is 1. The molecule has 2 bridgehead atoms. The van der Waals surface area contributed by atoms with Crippen molar-refractivity contribution < 1.29 is 13.9 Å². The van der Waals surface area contributed by atoms with Gasteiger partial charge in [-0.2, -0.15) is 0 Å². The Labute approximate surface area is 141 Å². The first kappa shape index (κ1) is 16.7. The van der Waals surface area contributed by atoms with E-state index in [-0.39, 0.29) is 10.9 Å². The monoisotopic (exact) mass is 340 g/mol. The number of methoxy groups -OCH3 is 1. The fourth-order valence-electron chi connectivity index (χ4n) is 3.64. The summed E-state index contributed by atoms with van der Waals surface area (Å²) in [6.45, 7) is 4.11. The molecule has 3 aliphatic rings. The van der Waals surface area contributed by atoms with Crippen molar-refractivity contribution in [2.45, 2.75) is 18.9 Å². The molecule has 2 atom stereocenters. The Morgan fingerprint density at radius 3 is 2.91 bits per heavy atom. The van der Waals surface area contributed by atoms with E-state index in [9.17, 15) is 9.18 Å². The Hall–Kier alpha value is -1.17. The molecule has 23 heavy (non-hydrogen) atoms. The normalized spacial score (nSPS) is 24.7. The van der Waals surface area contributed by atoms with Crippen LogP contribution in [0.3, 0.4) is 0 Å². The van der Waals surface area contributed by atoms with Crippen molar-refractivity contribution in [1.82, 2.24) is 9.80 Å². The van der Waals surface area contributed by atoms with Crippen molar-refractivity contribution in [2.75, 3.05) is 39.9 Å². The van der Waals surface area contributed by atoms with Gasteiger partial charge in [0, 0.05) is 44.9 Å². The van der Waals surface area contributed by atoms with Gasteiger partial charge < -0.3 is 9.64 Å². The third kappa shape index (κ3) is 3.67. The van der Waals surface area contributed by atoms with Crippen LogP contribution in [0.25, 0.3) is 0 Å². The number of carbonyl (C=O) groups is 1. The Morgan fingerprint density at radius 2 is 2.17 bits per heavy atom. The summed E-state index contributed by atoms with van der Waals surface area (Å²) >= 11 is 5.81. The molecular formula is C17H22ClFN2O2. The molecule has 0 spiro atoms. The van der Waals surface area contributed by atoms with E-state index in [0.717, 1.165) is 32.5 Å². The maximum Gasteiger partial charge on any atom is 0.253 e. The standard InChI is InChI=1S/C17H22ClFN2O2/c1-23-7-6-20-9-12-2-4-14(20)11-21(10-12)17(22)13-3-5-16(19)15(18)8-13/h3,5,8,12,14H,2,4,6-7,9-11H2,1H3/t12-,14-/m1/s1. The maximum absolute atomic E-state index is 13.3. The summed E-state index contributed by atoms with van der Waals surface area (Å²) in [5.41, 5.74) is 0.459. The van der Waals surface area contributed by atoms with Gasteiger partial charge >= 0.3 is 0 Å². The molecule has 4 rings (SSSR count). The third-order valence-corrected chi connectivity index (χ3v) is 5.15. The van der Waals surface area contributed by atoms with Crippen molar-refractivity contribution in [3.63, 3.8) is 0 Å². The molecule has 3 aliphatic heterocycles. The number of halogens is 2. The van der Waals surface area contributed by atoms with Crippen molar-refractivity contribution in [3.05, 3.63) is 34.6 Å². The molecule has 3 heterocycles. The van der Waals surface area contributed by atoms with E-state index in [4.69, 9.17) is 16.3 Å². The first-order chi connectivity index (χ1) is 11.1. The van der Waals surface area contributed by atoms with E-state index >= 15 is 0 Å². The first-order valence-corrected chi connectivity index (χ1v) is 8.43. The Kier molecular flexibility index (Phi) is 5.19. The van der Waals surface area contributed by atoms with Crippen LogP contribution in [0.1, 0.15) is 23.2 Å². The first-order valence-electron chi connectivity index (χ1n) is 8.06. The predicted octanol–water partition coefficient (Wildman–Crippen LogP) is 2.66. The Morgan fingerprint density at radius 1 is 1.35 bits per heavy atom. The minimum atomic E-state index is -0.495. The van der Waals surface area contributed by atoms with Crippen LogP contribution in [0.4, 0.5) is 4.39 Å². The molecule has 1 aromatic rings. The lowest BCUT2D eigenvalue weighted by molar-refractivity contribution is 0.0717. The van der Waals surface area contributed by atoms with Gasteiger partial charge in [0.05, 0.1) is 11.6 Å². The lowest BCUT2D eigenvalue weighted by atomic mass is 9.95. The number of piperidine rings is 1. The van der Waals surface area contributed by atoms with Gasteiger partial charge in [-0.05, 0) is 37.0 Å². The van der Waals surface area contributed by atoms with Crippen LogP contribution in [0.5, 0.6) is 0 Å². The molecule has 0 N–H and O–H groups in total. The molecule has 0 radical (unpaired) electrons. The summed E-state index contributed by atoms with van der Waals surface area (Å²) in [5.74, 6) is -0.0623. The van der Waals surface area contributed by atoms with Gasteiger partial charge in [-0.1, -0.05) is 11.6 Å². The SMILES string of the molecule is COCCN1C[C@H]2CC[C@@H]1CN(C(=O)c1ccc(F)c(Cl)c1)C2. The number of rotatable bonds is 4. The molecule has 126 valence electrons. The molecule has 3 saturated heterocycles. The van der Waals surface area contributed by atoms with E-state index in [1.807, 2.05) is 4.90 Å². The minimum Gasteiger partial charge on any atom is -0.383 e. The number of hydrogen-bond acceptors (Lipinski definition) is 3. The quantitative estimate of drug-likeness (QED) is 0.844. The lowest BCUT2D eigenvalue weighted by Crippen LogP contribution is -2.45. The Bertz CT molecular complexity index is 584. The van der Waals surface area contributed by atoms with E-state index in [2.05, 4.69) is 4.90 Å². The molecule has 4 nitrogen and oxygen atoms in total. The van der Waals surface area contributed by atoms with Crippen LogP contribution in [-0.2, 0) is 4.74 Å². The molecule has 0 saturated carbocycles. The van der Waals surface area contributed by atoms with Gasteiger partial charge in [0.2, 0.25) is 0 Å². The number of hydrogen-bond donors (Lipinski definition) is 0. The molecule has 3 fully saturated rings. The highest BCUT2D eigenvalue weighted by atomic mass is 35.5. The summed E-state index contributed by atoms with van der Waals surface area (Å²) in [6.07, 6.45) is 2.27. The van der Waals surface area contributed by atoms with Crippen molar-refractivity contribution >= 4 is 17.5 Å². The van der Waals surface area contributed by atoms with Crippen molar-refractivity contribution in [1.29, 1.82) is 0 Å². The number of nitrogens with zero attached hydrogens (tertiary/aromatic N) is 2. The second kappa shape index (κ2) is 7.16. The van der Waals surface area contributed by atoms with Gasteiger partial charge in [0.15, 0.2) is 0 Å². The van der Waals surface area contributed by atoms with Gasteiger partial charge in [0.25, 0.3) is 5.91 Å². The lowest BCUT2D eigenvalue weighted by Gasteiger charge is -2.35. The molecule has 0 unspecified atom stereocenters. The fraction of sp³-hybridized carbons (Fsp3) is 0.588. The topological polar surface area (TPSA) is 32.8 Å². The number of carbonyl (C=O) groups excluding carboxylic acids is 1. The highest BCUT2D eigenvalue weighted by molar-refractivity contribution is 6.31. The van der Waals surface area contributed by atoms with Crippen molar-refractivity contribution in [3.8, 4) is 0 Å². The summed E-state index contributed by atoms with van der Waals surface area (Å²) in [7, 11) is 1.71.